The Balaban J connectivity index is 2.19. The molecule has 0 bridgehead atoms. The number of amides is 1. The van der Waals surface area contributed by atoms with E-state index >= 15 is 0 Å². The molecule has 0 aromatic carbocycles. The van der Waals surface area contributed by atoms with Gasteiger partial charge in [0.15, 0.2) is 11.0 Å². The van der Waals surface area contributed by atoms with E-state index in [1.807, 2.05) is 18.7 Å². The molecule has 2 heterocycles. The van der Waals surface area contributed by atoms with E-state index in [-0.39, 0.29) is 23.2 Å². The number of carbonyl (C=O) groups is 1. The third-order valence-electron chi connectivity index (χ3n) is 2.85. The quantitative estimate of drug-likeness (QED) is 0.816. The van der Waals surface area contributed by atoms with Gasteiger partial charge in [-0.25, -0.2) is 0 Å². The van der Waals surface area contributed by atoms with Gasteiger partial charge in [-0.3, -0.25) is 4.79 Å². The van der Waals surface area contributed by atoms with Crippen LogP contribution >= 0.6 is 11.6 Å². The summed E-state index contributed by atoms with van der Waals surface area (Å²) in [7, 11) is 0. The highest BCUT2D eigenvalue weighted by molar-refractivity contribution is 6.29. The van der Waals surface area contributed by atoms with Crippen LogP contribution in [0.15, 0.2) is 16.5 Å². The highest BCUT2D eigenvalue weighted by Crippen LogP contribution is 2.19. The molecule has 1 amide bonds. The number of nitrogens with zero attached hydrogens (tertiary/aromatic N) is 1. The summed E-state index contributed by atoms with van der Waals surface area (Å²) in [5, 5.41) is 3.52. The minimum absolute atomic E-state index is 0.0894. The van der Waals surface area contributed by atoms with Crippen molar-refractivity contribution in [2.75, 3.05) is 13.1 Å². The van der Waals surface area contributed by atoms with Crippen molar-refractivity contribution in [1.29, 1.82) is 0 Å². The zero-order valence-corrected chi connectivity index (χ0v) is 10.1. The lowest BCUT2D eigenvalue weighted by Crippen LogP contribution is -2.57. The maximum absolute atomic E-state index is 12.2. The predicted molar refractivity (Wildman–Crippen MR) is 61.7 cm³/mol. The minimum Gasteiger partial charge on any atom is -0.440 e. The van der Waals surface area contributed by atoms with E-state index in [9.17, 15) is 4.79 Å². The van der Waals surface area contributed by atoms with Gasteiger partial charge in [0.25, 0.3) is 5.91 Å². The van der Waals surface area contributed by atoms with Gasteiger partial charge in [0, 0.05) is 25.2 Å². The van der Waals surface area contributed by atoms with Crippen molar-refractivity contribution < 1.29 is 9.21 Å². The normalized spacial score (nSPS) is 25.8. The van der Waals surface area contributed by atoms with Gasteiger partial charge in [-0.05, 0) is 37.6 Å². The molecule has 2 rings (SSSR count). The summed E-state index contributed by atoms with van der Waals surface area (Å²) in [6, 6.07) is 3.54. The van der Waals surface area contributed by atoms with E-state index in [1.165, 1.54) is 0 Å². The Morgan fingerprint density at radius 3 is 2.56 bits per heavy atom. The summed E-state index contributed by atoms with van der Waals surface area (Å²) in [4.78, 5) is 14.0. The Hall–Kier alpha value is -1.00. The van der Waals surface area contributed by atoms with E-state index in [0.29, 0.717) is 5.76 Å². The van der Waals surface area contributed by atoms with E-state index in [0.717, 1.165) is 13.1 Å². The van der Waals surface area contributed by atoms with Gasteiger partial charge in [0.1, 0.15) is 0 Å². The second-order valence-electron chi connectivity index (χ2n) is 4.17. The fourth-order valence-corrected chi connectivity index (χ4v) is 2.24. The Morgan fingerprint density at radius 2 is 2.06 bits per heavy atom. The number of hydrogen-bond donors (Lipinski definition) is 1. The number of nitrogens with one attached hydrogen (secondary N) is 1. The van der Waals surface area contributed by atoms with Crippen molar-refractivity contribution in [2.24, 2.45) is 0 Å². The Bertz CT molecular complexity index is 381. The van der Waals surface area contributed by atoms with Gasteiger partial charge in [-0.2, -0.15) is 0 Å². The summed E-state index contributed by atoms with van der Waals surface area (Å²) in [5.41, 5.74) is 0. The molecule has 0 aliphatic carbocycles. The van der Waals surface area contributed by atoms with Crippen molar-refractivity contribution in [3.63, 3.8) is 0 Å². The van der Waals surface area contributed by atoms with E-state index in [4.69, 9.17) is 16.0 Å². The zero-order valence-electron chi connectivity index (χ0n) is 9.37. The Labute approximate surface area is 99.5 Å². The molecule has 2 unspecified atom stereocenters. The summed E-state index contributed by atoms with van der Waals surface area (Å²) < 4.78 is 5.15. The van der Waals surface area contributed by atoms with Crippen LogP contribution in [0.1, 0.15) is 24.4 Å². The van der Waals surface area contributed by atoms with Gasteiger partial charge < -0.3 is 14.6 Å². The lowest BCUT2D eigenvalue weighted by Gasteiger charge is -2.38. The van der Waals surface area contributed by atoms with Crippen LogP contribution in [-0.4, -0.2) is 36.0 Å². The molecule has 1 N–H and O–H groups in total. The molecule has 4 nitrogen and oxygen atoms in total. The van der Waals surface area contributed by atoms with Gasteiger partial charge in [0.2, 0.25) is 0 Å². The number of halogens is 1. The molecule has 1 aliphatic rings. The molecule has 2 atom stereocenters. The zero-order chi connectivity index (χ0) is 11.7. The van der Waals surface area contributed by atoms with E-state index in [2.05, 4.69) is 5.32 Å². The lowest BCUT2D eigenvalue weighted by molar-refractivity contribution is 0.0512. The standard InChI is InChI=1S/C11H15ClN2O2/c1-7-5-13-6-8(2)14(7)11(15)9-3-4-10(12)16-9/h3-4,7-8,13H,5-6H2,1-2H3. The van der Waals surface area contributed by atoms with Crippen LogP contribution in [0.5, 0.6) is 0 Å². The molecule has 1 saturated heterocycles. The average Bonchev–Trinajstić information content (AvgIpc) is 2.64. The summed E-state index contributed by atoms with van der Waals surface area (Å²) in [6.07, 6.45) is 0. The molecule has 1 aliphatic heterocycles. The molecule has 0 radical (unpaired) electrons. The Kier molecular flexibility index (Phi) is 3.21. The smallest absolute Gasteiger partial charge is 0.290 e. The molecule has 5 heteroatoms. The second-order valence-corrected chi connectivity index (χ2v) is 4.54. The molecule has 16 heavy (non-hydrogen) atoms. The fourth-order valence-electron chi connectivity index (χ4n) is 2.09. The van der Waals surface area contributed by atoms with Gasteiger partial charge >= 0.3 is 0 Å². The van der Waals surface area contributed by atoms with Crippen molar-refractivity contribution in [3.05, 3.63) is 23.1 Å². The molecular formula is C11H15ClN2O2. The van der Waals surface area contributed by atoms with Gasteiger partial charge in [-0.1, -0.05) is 0 Å². The van der Waals surface area contributed by atoms with Crippen LogP contribution in [0.25, 0.3) is 0 Å². The average molecular weight is 243 g/mol. The molecule has 1 fully saturated rings. The summed E-state index contributed by atoms with van der Waals surface area (Å²) in [6.45, 7) is 5.66. The topological polar surface area (TPSA) is 45.5 Å². The molecule has 0 spiro atoms. The molecule has 0 saturated carbocycles. The monoisotopic (exact) mass is 242 g/mol. The number of furan rings is 1. The highest BCUT2D eigenvalue weighted by Gasteiger charge is 2.30. The van der Waals surface area contributed by atoms with Crippen LogP contribution in [0.4, 0.5) is 0 Å². The van der Waals surface area contributed by atoms with Crippen molar-refractivity contribution in [2.45, 2.75) is 25.9 Å². The van der Waals surface area contributed by atoms with Crippen LogP contribution in [-0.2, 0) is 0 Å². The third-order valence-corrected chi connectivity index (χ3v) is 3.05. The predicted octanol–water partition coefficient (Wildman–Crippen LogP) is 1.76. The molecular weight excluding hydrogens is 228 g/mol. The van der Waals surface area contributed by atoms with Crippen molar-refractivity contribution >= 4 is 17.5 Å². The van der Waals surface area contributed by atoms with Crippen LogP contribution in [0.2, 0.25) is 5.22 Å². The van der Waals surface area contributed by atoms with Gasteiger partial charge in [-0.15, -0.1) is 0 Å². The minimum atomic E-state index is -0.0894. The lowest BCUT2D eigenvalue weighted by atomic mass is 10.1. The Morgan fingerprint density at radius 1 is 1.44 bits per heavy atom. The first-order chi connectivity index (χ1) is 7.59. The fraction of sp³-hybridized carbons (Fsp3) is 0.545. The van der Waals surface area contributed by atoms with Crippen LogP contribution < -0.4 is 5.32 Å². The van der Waals surface area contributed by atoms with Crippen molar-refractivity contribution in [3.8, 4) is 0 Å². The van der Waals surface area contributed by atoms with Crippen LogP contribution in [0, 0.1) is 0 Å². The van der Waals surface area contributed by atoms with Gasteiger partial charge in [0.05, 0.1) is 0 Å². The second kappa shape index (κ2) is 4.47. The summed E-state index contributed by atoms with van der Waals surface area (Å²) >= 11 is 5.67. The maximum atomic E-state index is 12.2. The van der Waals surface area contributed by atoms with E-state index in [1.54, 1.807) is 12.1 Å². The molecule has 88 valence electrons. The largest absolute Gasteiger partial charge is 0.440 e. The van der Waals surface area contributed by atoms with Crippen molar-refractivity contribution in [1.82, 2.24) is 10.2 Å². The number of rotatable bonds is 1. The molecule has 1 aromatic heterocycles. The third kappa shape index (κ3) is 2.08. The first kappa shape index (κ1) is 11.5. The van der Waals surface area contributed by atoms with E-state index < -0.39 is 0 Å². The number of piperazine rings is 1. The first-order valence-corrected chi connectivity index (χ1v) is 5.76. The number of hydrogen-bond acceptors (Lipinski definition) is 3. The first-order valence-electron chi connectivity index (χ1n) is 5.38. The number of carbonyl (C=O) groups excluding carboxylic acids is 1. The van der Waals surface area contributed by atoms with Crippen LogP contribution in [0.3, 0.4) is 0 Å². The highest BCUT2D eigenvalue weighted by atomic mass is 35.5. The maximum Gasteiger partial charge on any atom is 0.290 e. The molecule has 1 aromatic rings. The SMILES string of the molecule is CC1CNCC(C)N1C(=O)c1ccc(Cl)o1. The summed E-state index contributed by atoms with van der Waals surface area (Å²) in [5.74, 6) is 0.221.